The van der Waals surface area contributed by atoms with Gasteiger partial charge < -0.3 is 19.5 Å². The number of rotatable bonds is 5. The van der Waals surface area contributed by atoms with Gasteiger partial charge >= 0.3 is 0 Å². The van der Waals surface area contributed by atoms with E-state index >= 15 is 0 Å². The van der Waals surface area contributed by atoms with Gasteiger partial charge in [0.1, 0.15) is 11.5 Å². The normalized spacial score (nSPS) is 16.7. The van der Waals surface area contributed by atoms with Crippen molar-refractivity contribution in [3.8, 4) is 11.5 Å². The zero-order valence-electron chi connectivity index (χ0n) is 12.9. The van der Waals surface area contributed by atoms with Gasteiger partial charge in [0.25, 0.3) is 5.91 Å². The number of aliphatic hydroxyl groups is 1. The molecule has 1 unspecified atom stereocenters. The van der Waals surface area contributed by atoms with Gasteiger partial charge in [-0.3, -0.25) is 4.79 Å². The Kier molecular flexibility index (Phi) is 4.48. The van der Waals surface area contributed by atoms with E-state index in [1.807, 2.05) is 48.5 Å². The Balaban J connectivity index is 1.97. The highest BCUT2D eigenvalue weighted by Gasteiger charge is 2.34. The van der Waals surface area contributed by atoms with Gasteiger partial charge in [-0.25, -0.2) is 0 Å². The molecule has 5 nitrogen and oxygen atoms in total. The lowest BCUT2D eigenvalue weighted by molar-refractivity contribution is -0.127. The van der Waals surface area contributed by atoms with Crippen LogP contribution in [0.5, 0.6) is 11.5 Å². The number of anilines is 1. The molecule has 1 N–H and O–H groups in total. The van der Waals surface area contributed by atoms with Crippen LogP contribution in [0.2, 0.25) is 0 Å². The van der Waals surface area contributed by atoms with Gasteiger partial charge in [0.15, 0.2) is 6.10 Å². The number of carbonyl (C=O) groups excluding carboxylic acids is 1. The smallest absolute Gasteiger partial charge is 0.268 e. The van der Waals surface area contributed by atoms with E-state index < -0.39 is 6.10 Å². The molecule has 1 aliphatic heterocycles. The quantitative estimate of drug-likeness (QED) is 0.920. The summed E-state index contributed by atoms with van der Waals surface area (Å²) in [4.78, 5) is 14.4. The molecule has 1 amide bonds. The fourth-order valence-corrected chi connectivity index (χ4v) is 2.74. The van der Waals surface area contributed by atoms with Crippen LogP contribution in [0.3, 0.4) is 0 Å². The first-order valence-electron chi connectivity index (χ1n) is 7.54. The largest absolute Gasteiger partial charge is 0.496 e. The molecule has 0 radical (unpaired) electrons. The zero-order valence-corrected chi connectivity index (χ0v) is 12.9. The predicted octanol–water partition coefficient (Wildman–Crippen LogP) is 2.37. The van der Waals surface area contributed by atoms with Crippen molar-refractivity contribution >= 4 is 11.6 Å². The third kappa shape index (κ3) is 3.00. The van der Waals surface area contributed by atoms with Crippen LogP contribution in [0.15, 0.2) is 48.5 Å². The molecule has 2 aromatic carbocycles. The van der Waals surface area contributed by atoms with E-state index in [-0.39, 0.29) is 18.9 Å². The number of carbonyl (C=O) groups is 1. The minimum absolute atomic E-state index is 0.0962. The highest BCUT2D eigenvalue weighted by molar-refractivity contribution is 6.00. The second-order valence-electron chi connectivity index (χ2n) is 5.32. The van der Waals surface area contributed by atoms with Crippen LogP contribution in [0, 0.1) is 0 Å². The maximum Gasteiger partial charge on any atom is 0.268 e. The number of methoxy groups -OCH3 is 1. The molecule has 0 saturated carbocycles. The maximum atomic E-state index is 12.7. The Bertz CT molecular complexity index is 701. The second-order valence-corrected chi connectivity index (χ2v) is 5.32. The summed E-state index contributed by atoms with van der Waals surface area (Å²) in [6, 6.07) is 15.1. The van der Waals surface area contributed by atoms with Crippen molar-refractivity contribution in [1.82, 2.24) is 0 Å². The van der Waals surface area contributed by atoms with Gasteiger partial charge in [-0.15, -0.1) is 0 Å². The lowest BCUT2D eigenvalue weighted by Crippen LogP contribution is -2.45. The van der Waals surface area contributed by atoms with Crippen molar-refractivity contribution in [2.45, 2.75) is 19.1 Å². The highest BCUT2D eigenvalue weighted by Crippen LogP contribution is 2.36. The third-order valence-electron chi connectivity index (χ3n) is 3.88. The fourth-order valence-electron chi connectivity index (χ4n) is 2.74. The second kappa shape index (κ2) is 6.71. The first kappa shape index (κ1) is 15.4. The Morgan fingerprint density at radius 2 is 1.91 bits per heavy atom. The molecule has 0 saturated heterocycles. The van der Waals surface area contributed by atoms with Gasteiger partial charge in [0, 0.05) is 18.6 Å². The van der Waals surface area contributed by atoms with Gasteiger partial charge in [-0.1, -0.05) is 30.3 Å². The molecule has 1 heterocycles. The van der Waals surface area contributed by atoms with Crippen LogP contribution in [-0.4, -0.2) is 30.8 Å². The molecule has 0 aromatic heterocycles. The first-order valence-corrected chi connectivity index (χ1v) is 7.54. The van der Waals surface area contributed by atoms with E-state index in [4.69, 9.17) is 9.47 Å². The highest BCUT2D eigenvalue weighted by atomic mass is 16.5. The molecule has 3 rings (SSSR count). The predicted molar refractivity (Wildman–Crippen MR) is 86.7 cm³/mol. The van der Waals surface area contributed by atoms with Crippen molar-refractivity contribution in [2.24, 2.45) is 0 Å². The number of fused-ring (bicyclic) bond motifs is 1. The molecule has 1 atom stereocenters. The summed E-state index contributed by atoms with van der Waals surface area (Å²) in [7, 11) is 1.61. The molecule has 0 spiro atoms. The van der Waals surface area contributed by atoms with Gasteiger partial charge in [0.2, 0.25) is 0 Å². The number of para-hydroxylation sites is 3. The van der Waals surface area contributed by atoms with Crippen LogP contribution in [0.25, 0.3) is 0 Å². The molecular formula is C18H19NO4. The Morgan fingerprint density at radius 3 is 2.70 bits per heavy atom. The number of hydrogen-bond acceptors (Lipinski definition) is 4. The van der Waals surface area contributed by atoms with Gasteiger partial charge in [-0.2, -0.15) is 0 Å². The van der Waals surface area contributed by atoms with Crippen molar-refractivity contribution in [2.75, 3.05) is 18.6 Å². The molecular weight excluding hydrogens is 294 g/mol. The van der Waals surface area contributed by atoms with Crippen molar-refractivity contribution < 1.29 is 19.4 Å². The monoisotopic (exact) mass is 313 g/mol. The minimum Gasteiger partial charge on any atom is -0.496 e. The Labute approximate surface area is 135 Å². The maximum absolute atomic E-state index is 12.7. The standard InChI is InChI=1S/C18H19NO4/c1-22-15-8-4-2-6-13(15)12-19-14-7-3-5-9-16(14)23-17(10-11-20)18(19)21/h2-9,17,20H,10-12H2,1H3. The van der Waals surface area contributed by atoms with Crippen LogP contribution in [0.1, 0.15) is 12.0 Å². The molecule has 120 valence electrons. The average molecular weight is 313 g/mol. The van der Waals surface area contributed by atoms with E-state index in [2.05, 4.69) is 0 Å². The Morgan fingerprint density at radius 1 is 1.17 bits per heavy atom. The third-order valence-corrected chi connectivity index (χ3v) is 3.88. The van der Waals surface area contributed by atoms with Crippen LogP contribution in [0.4, 0.5) is 5.69 Å². The Hall–Kier alpha value is -2.53. The van der Waals surface area contributed by atoms with E-state index in [9.17, 15) is 9.90 Å². The summed E-state index contributed by atoms with van der Waals surface area (Å²) in [5.74, 6) is 1.24. The van der Waals surface area contributed by atoms with Crippen molar-refractivity contribution in [3.05, 3.63) is 54.1 Å². The van der Waals surface area contributed by atoms with Gasteiger partial charge in [0.05, 0.1) is 19.3 Å². The van der Waals surface area contributed by atoms with E-state index in [1.54, 1.807) is 12.0 Å². The lowest BCUT2D eigenvalue weighted by Gasteiger charge is -2.34. The number of ether oxygens (including phenoxy) is 2. The van der Waals surface area contributed by atoms with Gasteiger partial charge in [-0.05, 0) is 18.2 Å². The molecule has 0 aliphatic carbocycles. The summed E-state index contributed by atoms with van der Waals surface area (Å²) < 4.78 is 11.1. The summed E-state index contributed by atoms with van der Waals surface area (Å²) >= 11 is 0. The lowest BCUT2D eigenvalue weighted by atomic mass is 10.1. The molecule has 0 bridgehead atoms. The number of aliphatic hydroxyl groups excluding tert-OH is 1. The molecule has 23 heavy (non-hydrogen) atoms. The molecule has 1 aliphatic rings. The van der Waals surface area contributed by atoms with Crippen LogP contribution < -0.4 is 14.4 Å². The zero-order chi connectivity index (χ0) is 16.2. The summed E-state index contributed by atoms with van der Waals surface area (Å²) in [5, 5.41) is 9.17. The number of benzene rings is 2. The van der Waals surface area contributed by atoms with Crippen molar-refractivity contribution in [1.29, 1.82) is 0 Å². The van der Waals surface area contributed by atoms with E-state index in [0.29, 0.717) is 12.3 Å². The molecule has 5 heteroatoms. The first-order chi connectivity index (χ1) is 11.2. The van der Waals surface area contributed by atoms with Crippen molar-refractivity contribution in [3.63, 3.8) is 0 Å². The minimum atomic E-state index is -0.662. The van der Waals surface area contributed by atoms with E-state index in [1.165, 1.54) is 0 Å². The van der Waals surface area contributed by atoms with Crippen LogP contribution in [-0.2, 0) is 11.3 Å². The summed E-state index contributed by atoms with van der Waals surface area (Å²) in [6.07, 6.45) is -0.389. The number of hydrogen-bond donors (Lipinski definition) is 1. The number of amides is 1. The number of nitrogens with zero attached hydrogens (tertiary/aromatic N) is 1. The fraction of sp³-hybridized carbons (Fsp3) is 0.278. The topological polar surface area (TPSA) is 59.0 Å². The molecule has 2 aromatic rings. The van der Waals surface area contributed by atoms with E-state index in [0.717, 1.165) is 17.0 Å². The summed E-state index contributed by atoms with van der Waals surface area (Å²) in [6.45, 7) is 0.298. The summed E-state index contributed by atoms with van der Waals surface area (Å²) in [5.41, 5.74) is 1.65. The average Bonchev–Trinajstić information content (AvgIpc) is 2.59. The SMILES string of the molecule is COc1ccccc1CN1C(=O)C(CCO)Oc2ccccc21. The molecule has 0 fully saturated rings. The van der Waals surface area contributed by atoms with Crippen LogP contribution >= 0.6 is 0 Å².